The van der Waals surface area contributed by atoms with Crippen LogP contribution in [-0.4, -0.2) is 63.5 Å². The number of nitrogens with zero attached hydrogens (tertiary/aromatic N) is 5. The lowest BCUT2D eigenvalue weighted by Crippen LogP contribution is -2.43. The molecule has 0 radical (unpaired) electrons. The second kappa shape index (κ2) is 10.1. The lowest BCUT2D eigenvalue weighted by molar-refractivity contribution is 0.102. The van der Waals surface area contributed by atoms with E-state index >= 15 is 0 Å². The van der Waals surface area contributed by atoms with E-state index in [1.165, 1.54) is 17.5 Å². The van der Waals surface area contributed by atoms with E-state index in [0.29, 0.717) is 17.2 Å². The number of piperazine rings is 1. The third kappa shape index (κ3) is 5.10. The normalized spacial score (nSPS) is 14.8. The Morgan fingerprint density at radius 2 is 1.78 bits per heavy atom. The van der Waals surface area contributed by atoms with Crippen LogP contribution in [0, 0.1) is 13.8 Å². The van der Waals surface area contributed by atoms with Crippen LogP contribution in [0.25, 0.3) is 11.0 Å². The highest BCUT2D eigenvalue weighted by atomic mass is 16.5. The number of anilines is 1. The van der Waals surface area contributed by atoms with Crippen molar-refractivity contribution in [3.8, 4) is 11.6 Å². The summed E-state index contributed by atoms with van der Waals surface area (Å²) in [7, 11) is 4.09. The van der Waals surface area contributed by atoms with Gasteiger partial charge in [-0.05, 0) is 67.9 Å². The van der Waals surface area contributed by atoms with Gasteiger partial charge >= 0.3 is 0 Å². The number of aryl methyl sites for hydroxylation is 3. The minimum atomic E-state index is -0.183. The lowest BCUT2D eigenvalue weighted by atomic mass is 10.1. The zero-order valence-electron chi connectivity index (χ0n) is 21.3. The molecule has 8 heteroatoms. The lowest BCUT2D eigenvalue weighted by Gasteiger charge is -2.32. The molecule has 1 amide bonds. The Hall–Kier alpha value is -3.75. The van der Waals surface area contributed by atoms with Gasteiger partial charge in [-0.15, -0.1) is 0 Å². The van der Waals surface area contributed by atoms with Crippen molar-refractivity contribution in [2.24, 2.45) is 7.05 Å². The monoisotopic (exact) mass is 484 g/mol. The number of fused-ring (bicyclic) bond motifs is 1. The van der Waals surface area contributed by atoms with Gasteiger partial charge in [-0.3, -0.25) is 9.69 Å². The molecule has 0 aliphatic carbocycles. The zero-order chi connectivity index (χ0) is 25.2. The van der Waals surface area contributed by atoms with Crippen LogP contribution in [0.15, 0.2) is 55.0 Å². The molecule has 2 aromatic heterocycles. The largest absolute Gasteiger partial charge is 0.437 e. The second-order valence-electron chi connectivity index (χ2n) is 9.60. The molecule has 1 aliphatic heterocycles. The third-order valence-corrected chi connectivity index (χ3v) is 6.87. The number of hydrogen-bond acceptors (Lipinski definition) is 6. The number of benzene rings is 2. The molecule has 0 bridgehead atoms. The number of hydrogen-bond donors (Lipinski definition) is 1. The van der Waals surface area contributed by atoms with Gasteiger partial charge in [0.25, 0.3) is 5.91 Å². The quantitative estimate of drug-likeness (QED) is 0.438. The van der Waals surface area contributed by atoms with E-state index in [1.807, 2.05) is 55.1 Å². The van der Waals surface area contributed by atoms with Crippen molar-refractivity contribution in [2.45, 2.75) is 20.4 Å². The smallest absolute Gasteiger partial charge is 0.255 e. The van der Waals surface area contributed by atoms with Crippen molar-refractivity contribution in [3.63, 3.8) is 0 Å². The second-order valence-corrected chi connectivity index (χ2v) is 9.60. The molecular weight excluding hydrogens is 452 g/mol. The molecule has 0 spiro atoms. The van der Waals surface area contributed by atoms with Crippen molar-refractivity contribution < 1.29 is 9.53 Å². The molecule has 1 saturated heterocycles. The fourth-order valence-electron chi connectivity index (χ4n) is 4.52. The Morgan fingerprint density at radius 1 is 0.972 bits per heavy atom. The maximum Gasteiger partial charge on any atom is 0.255 e. The van der Waals surface area contributed by atoms with Crippen LogP contribution in [-0.2, 0) is 13.6 Å². The van der Waals surface area contributed by atoms with E-state index in [-0.39, 0.29) is 5.91 Å². The SMILES string of the molecule is Cc1cc(NC(=O)c2ccc(C)c(Oc3ncnc4ccn(C)c34)c2)ccc1CN1CCN(C)CC1. The summed E-state index contributed by atoms with van der Waals surface area (Å²) in [5.74, 6) is 0.861. The number of nitrogens with one attached hydrogen (secondary N) is 1. The van der Waals surface area contributed by atoms with Crippen LogP contribution >= 0.6 is 0 Å². The molecule has 1 aliphatic rings. The average Bonchev–Trinajstić information content (AvgIpc) is 3.25. The number of aromatic nitrogens is 3. The van der Waals surface area contributed by atoms with Crippen molar-refractivity contribution in [3.05, 3.63) is 77.2 Å². The summed E-state index contributed by atoms with van der Waals surface area (Å²) in [6.45, 7) is 9.34. The van der Waals surface area contributed by atoms with Crippen molar-refractivity contribution in [2.75, 3.05) is 38.5 Å². The van der Waals surface area contributed by atoms with Gasteiger partial charge in [-0.1, -0.05) is 12.1 Å². The highest BCUT2D eigenvalue weighted by Crippen LogP contribution is 2.30. The molecule has 1 fully saturated rings. The Morgan fingerprint density at radius 3 is 2.56 bits per heavy atom. The zero-order valence-corrected chi connectivity index (χ0v) is 21.3. The predicted octanol–water partition coefficient (Wildman–Crippen LogP) is 4.38. The highest BCUT2D eigenvalue weighted by Gasteiger charge is 2.16. The van der Waals surface area contributed by atoms with Crippen molar-refractivity contribution in [1.82, 2.24) is 24.3 Å². The summed E-state index contributed by atoms with van der Waals surface area (Å²) in [5.41, 5.74) is 6.29. The first kappa shape index (κ1) is 24.0. The number of carbonyl (C=O) groups excluding carboxylic acids is 1. The maximum atomic E-state index is 13.1. The summed E-state index contributed by atoms with van der Waals surface area (Å²) < 4.78 is 8.08. The molecule has 0 unspecified atom stereocenters. The summed E-state index contributed by atoms with van der Waals surface area (Å²) in [4.78, 5) is 26.5. The van der Waals surface area contributed by atoms with Gasteiger partial charge in [-0.2, -0.15) is 4.98 Å². The van der Waals surface area contributed by atoms with Crippen molar-refractivity contribution >= 4 is 22.6 Å². The van der Waals surface area contributed by atoms with Crippen LogP contribution in [0.5, 0.6) is 11.6 Å². The first-order chi connectivity index (χ1) is 17.4. The molecule has 0 atom stereocenters. The molecule has 2 aromatic carbocycles. The van der Waals surface area contributed by atoms with E-state index in [1.54, 1.807) is 6.07 Å². The number of ether oxygens (including phenoxy) is 1. The summed E-state index contributed by atoms with van der Waals surface area (Å²) in [6, 6.07) is 13.5. The third-order valence-electron chi connectivity index (χ3n) is 6.87. The van der Waals surface area contributed by atoms with Gasteiger partial charge in [0.15, 0.2) is 0 Å². The molecule has 186 valence electrons. The Bertz CT molecular complexity index is 1400. The van der Waals surface area contributed by atoms with Gasteiger partial charge in [0.1, 0.15) is 17.6 Å². The van der Waals surface area contributed by atoms with Crippen LogP contribution in [0.3, 0.4) is 0 Å². The van der Waals surface area contributed by atoms with Crippen LogP contribution in [0.1, 0.15) is 27.0 Å². The van der Waals surface area contributed by atoms with Crippen LogP contribution < -0.4 is 10.1 Å². The minimum Gasteiger partial charge on any atom is -0.437 e. The molecule has 1 N–H and O–H groups in total. The van der Waals surface area contributed by atoms with E-state index in [9.17, 15) is 4.79 Å². The molecule has 36 heavy (non-hydrogen) atoms. The van der Waals surface area contributed by atoms with Gasteiger partial charge in [0.05, 0.1) is 5.52 Å². The van der Waals surface area contributed by atoms with E-state index < -0.39 is 0 Å². The first-order valence-electron chi connectivity index (χ1n) is 12.2. The maximum absolute atomic E-state index is 13.1. The van der Waals surface area contributed by atoms with Gasteiger partial charge < -0.3 is 19.5 Å². The highest BCUT2D eigenvalue weighted by molar-refractivity contribution is 6.04. The standard InChI is InChI=1S/C28H32N6O2/c1-19-5-6-21(16-25(19)36-28-26-24(29-18-30-28)9-10-33(26)4)27(35)31-23-8-7-22(20(2)15-23)17-34-13-11-32(3)12-14-34/h5-10,15-16,18H,11-14,17H2,1-4H3,(H,31,35). The molecule has 0 saturated carbocycles. The fourth-order valence-corrected chi connectivity index (χ4v) is 4.52. The Labute approximate surface area is 211 Å². The van der Waals surface area contributed by atoms with E-state index in [0.717, 1.165) is 55.0 Å². The van der Waals surface area contributed by atoms with Crippen LogP contribution in [0.2, 0.25) is 0 Å². The average molecular weight is 485 g/mol. The Balaban J connectivity index is 1.30. The van der Waals surface area contributed by atoms with Gasteiger partial charge in [0, 0.05) is 57.2 Å². The van der Waals surface area contributed by atoms with Gasteiger partial charge in [0.2, 0.25) is 5.88 Å². The number of rotatable bonds is 6. The number of likely N-dealkylation sites (N-methyl/N-ethyl adjacent to an activating group) is 1. The molecule has 3 heterocycles. The number of amides is 1. The first-order valence-corrected chi connectivity index (χ1v) is 12.2. The Kier molecular flexibility index (Phi) is 6.71. The summed E-state index contributed by atoms with van der Waals surface area (Å²) >= 11 is 0. The molecule has 5 rings (SSSR count). The van der Waals surface area contributed by atoms with Crippen LogP contribution in [0.4, 0.5) is 5.69 Å². The van der Waals surface area contributed by atoms with Gasteiger partial charge in [-0.25, -0.2) is 4.98 Å². The molecule has 4 aromatic rings. The van der Waals surface area contributed by atoms with Crippen molar-refractivity contribution in [1.29, 1.82) is 0 Å². The molecular formula is C28H32N6O2. The topological polar surface area (TPSA) is 75.5 Å². The predicted molar refractivity (Wildman–Crippen MR) is 142 cm³/mol. The summed E-state index contributed by atoms with van der Waals surface area (Å²) in [5, 5.41) is 3.04. The number of carbonyl (C=O) groups is 1. The molecule has 8 nitrogen and oxygen atoms in total. The fraction of sp³-hybridized carbons (Fsp3) is 0.321. The van der Waals surface area contributed by atoms with E-state index in [2.05, 4.69) is 45.1 Å². The minimum absolute atomic E-state index is 0.183. The summed E-state index contributed by atoms with van der Waals surface area (Å²) in [6.07, 6.45) is 3.40. The van der Waals surface area contributed by atoms with E-state index in [4.69, 9.17) is 4.74 Å².